The van der Waals surface area contributed by atoms with Gasteiger partial charge in [-0.3, -0.25) is 0 Å². The Bertz CT molecular complexity index is 1480. The molecular weight excluding hydrogens is 556 g/mol. The topological polar surface area (TPSA) is 122 Å². The summed E-state index contributed by atoms with van der Waals surface area (Å²) >= 11 is 6.03. The van der Waals surface area contributed by atoms with Crippen molar-refractivity contribution < 1.29 is 32.6 Å². The molecule has 9 nitrogen and oxygen atoms in total. The third-order valence-electron chi connectivity index (χ3n) is 6.92. The molecule has 0 saturated heterocycles. The largest absolute Gasteiger partial charge is 0.467 e. The second kappa shape index (κ2) is 12.0. The van der Waals surface area contributed by atoms with Crippen molar-refractivity contribution in [2.24, 2.45) is 0 Å². The van der Waals surface area contributed by atoms with Crippen molar-refractivity contribution in [1.29, 1.82) is 0 Å². The molecule has 0 bridgehead atoms. The number of rotatable bonds is 10. The first-order valence-corrected chi connectivity index (χ1v) is 14.4. The maximum atomic E-state index is 13.9. The van der Waals surface area contributed by atoms with Crippen molar-refractivity contribution in [2.75, 3.05) is 25.1 Å². The minimum atomic E-state index is -4.37. The fourth-order valence-corrected chi connectivity index (χ4v) is 6.96. The van der Waals surface area contributed by atoms with Gasteiger partial charge in [-0.2, -0.15) is 0 Å². The molecule has 2 atom stereocenters. The van der Waals surface area contributed by atoms with Crippen LogP contribution in [0, 0.1) is 0 Å². The van der Waals surface area contributed by atoms with E-state index in [4.69, 9.17) is 21.1 Å². The zero-order chi connectivity index (χ0) is 29.1. The number of nitrogens with one attached hydrogen (secondary N) is 1. The highest BCUT2D eigenvalue weighted by Gasteiger charge is 2.62. The lowest BCUT2D eigenvalue weighted by molar-refractivity contribution is -0.160. The van der Waals surface area contributed by atoms with Gasteiger partial charge in [0.25, 0.3) is 15.6 Å². The summed E-state index contributed by atoms with van der Waals surface area (Å²) in [5.74, 6) is -2.08. The number of benzene rings is 3. The molecule has 40 heavy (non-hydrogen) atoms. The molecule has 11 heteroatoms. The Morgan fingerprint density at radius 3 is 2.33 bits per heavy atom. The van der Waals surface area contributed by atoms with Gasteiger partial charge < -0.3 is 19.9 Å². The summed E-state index contributed by atoms with van der Waals surface area (Å²) in [5.41, 5.74) is -0.0336. The fraction of sp³-hybridized carbons (Fsp3) is 0.310. The molecule has 1 aliphatic heterocycles. The van der Waals surface area contributed by atoms with Gasteiger partial charge in [0.05, 0.1) is 30.9 Å². The SMILES string of the molecule is COC(=O)C1(C(=O)OC)Cc2cc(CC(C)NC[C@@H](O)c3cccc(Cl)c3)ccc2N1S(=O)(=O)c1ccccc1. The van der Waals surface area contributed by atoms with Gasteiger partial charge in [-0.15, -0.1) is 0 Å². The summed E-state index contributed by atoms with van der Waals surface area (Å²) in [7, 11) is -2.18. The van der Waals surface area contributed by atoms with Crippen LogP contribution in [0.4, 0.5) is 5.69 Å². The predicted molar refractivity (Wildman–Crippen MR) is 151 cm³/mol. The number of anilines is 1. The van der Waals surface area contributed by atoms with E-state index in [-0.39, 0.29) is 23.0 Å². The molecule has 2 N–H and O–H groups in total. The molecule has 0 radical (unpaired) electrons. The lowest BCUT2D eigenvalue weighted by Gasteiger charge is -2.34. The number of sulfonamides is 1. The van der Waals surface area contributed by atoms with E-state index in [2.05, 4.69) is 5.32 Å². The Kier molecular flexibility index (Phi) is 8.84. The van der Waals surface area contributed by atoms with Crippen LogP contribution >= 0.6 is 11.6 Å². The number of carbonyl (C=O) groups is 2. The fourth-order valence-electron chi connectivity index (χ4n) is 4.99. The zero-order valence-electron chi connectivity index (χ0n) is 22.3. The van der Waals surface area contributed by atoms with Crippen LogP contribution in [0.2, 0.25) is 5.02 Å². The molecule has 4 rings (SSSR count). The lowest BCUT2D eigenvalue weighted by Crippen LogP contribution is -2.61. The number of nitrogens with zero attached hydrogens (tertiary/aromatic N) is 1. The number of methoxy groups -OCH3 is 2. The van der Waals surface area contributed by atoms with Crippen LogP contribution in [-0.4, -0.2) is 57.8 Å². The van der Waals surface area contributed by atoms with Crippen molar-refractivity contribution in [3.63, 3.8) is 0 Å². The molecule has 3 aromatic rings. The number of ether oxygens (including phenoxy) is 2. The molecule has 1 unspecified atom stereocenters. The van der Waals surface area contributed by atoms with Gasteiger partial charge in [0.15, 0.2) is 0 Å². The molecule has 1 heterocycles. The first kappa shape index (κ1) is 29.5. The minimum absolute atomic E-state index is 0.0663. The van der Waals surface area contributed by atoms with E-state index < -0.39 is 33.6 Å². The average Bonchev–Trinajstić information content (AvgIpc) is 3.31. The van der Waals surface area contributed by atoms with E-state index in [1.54, 1.807) is 60.7 Å². The average molecular weight is 587 g/mol. The molecular formula is C29H31ClN2O7S. The third kappa shape index (κ3) is 5.57. The van der Waals surface area contributed by atoms with Gasteiger partial charge in [-0.1, -0.05) is 54.1 Å². The van der Waals surface area contributed by atoms with Crippen LogP contribution in [0.1, 0.15) is 29.7 Å². The van der Waals surface area contributed by atoms with E-state index >= 15 is 0 Å². The molecule has 0 aliphatic carbocycles. The van der Waals surface area contributed by atoms with Gasteiger partial charge in [0.2, 0.25) is 0 Å². The standard InChI is InChI=1S/C29H31ClN2O7S/c1-19(31-18-26(33)21-8-7-9-23(30)16-21)14-20-12-13-25-22(15-20)17-29(27(34)38-2,28(35)39-3)32(25)40(36,37)24-10-5-4-6-11-24/h4-13,15-16,19,26,31,33H,14,17-18H2,1-3H3/t19?,26-/m1/s1. The molecule has 0 amide bonds. The molecule has 3 aromatic carbocycles. The summed E-state index contributed by atoms with van der Waals surface area (Å²) in [4.78, 5) is 26.3. The highest BCUT2D eigenvalue weighted by molar-refractivity contribution is 7.93. The van der Waals surface area contributed by atoms with Crippen LogP contribution in [0.5, 0.6) is 0 Å². The third-order valence-corrected chi connectivity index (χ3v) is 9.01. The second-order valence-electron chi connectivity index (χ2n) is 9.65. The number of hydrogen-bond donors (Lipinski definition) is 2. The van der Waals surface area contributed by atoms with Gasteiger partial charge in [0.1, 0.15) is 0 Å². The zero-order valence-corrected chi connectivity index (χ0v) is 23.9. The summed E-state index contributed by atoms with van der Waals surface area (Å²) in [6, 6.07) is 19.7. The lowest BCUT2D eigenvalue weighted by atomic mass is 9.94. The van der Waals surface area contributed by atoms with Crippen LogP contribution in [0.25, 0.3) is 0 Å². The summed E-state index contributed by atoms with van der Waals surface area (Å²) in [6.07, 6.45) is -0.472. The van der Waals surface area contributed by atoms with Crippen LogP contribution < -0.4 is 9.62 Å². The summed E-state index contributed by atoms with van der Waals surface area (Å²) in [6.45, 7) is 2.25. The van der Waals surface area contributed by atoms with Crippen molar-refractivity contribution >= 4 is 39.3 Å². The second-order valence-corrected chi connectivity index (χ2v) is 11.9. The number of aliphatic hydroxyl groups excluding tert-OH is 1. The number of halogens is 1. The normalized spacial score (nSPS) is 15.7. The Morgan fingerprint density at radius 1 is 1.02 bits per heavy atom. The number of hydrogen-bond acceptors (Lipinski definition) is 8. The van der Waals surface area contributed by atoms with E-state index in [0.29, 0.717) is 29.1 Å². The van der Waals surface area contributed by atoms with E-state index in [1.807, 2.05) is 6.92 Å². The van der Waals surface area contributed by atoms with Gasteiger partial charge in [0, 0.05) is 24.0 Å². The van der Waals surface area contributed by atoms with Crippen molar-refractivity contribution in [3.8, 4) is 0 Å². The first-order chi connectivity index (χ1) is 19.0. The molecule has 0 aromatic heterocycles. The molecule has 0 spiro atoms. The van der Waals surface area contributed by atoms with Crippen LogP contribution in [0.3, 0.4) is 0 Å². The molecule has 1 aliphatic rings. The quantitative estimate of drug-likeness (QED) is 0.274. The maximum Gasteiger partial charge on any atom is 0.344 e. The van der Waals surface area contributed by atoms with Crippen LogP contribution in [0.15, 0.2) is 77.7 Å². The minimum Gasteiger partial charge on any atom is -0.467 e. The highest BCUT2D eigenvalue weighted by atomic mass is 35.5. The Labute approximate surface area is 238 Å². The van der Waals surface area contributed by atoms with E-state index in [9.17, 15) is 23.1 Å². The highest BCUT2D eigenvalue weighted by Crippen LogP contribution is 2.44. The van der Waals surface area contributed by atoms with Crippen molar-refractivity contribution in [3.05, 3.63) is 94.5 Å². The van der Waals surface area contributed by atoms with Crippen molar-refractivity contribution in [1.82, 2.24) is 5.32 Å². The number of esters is 2. The van der Waals surface area contributed by atoms with Crippen molar-refractivity contribution in [2.45, 2.75) is 42.3 Å². The maximum absolute atomic E-state index is 13.9. The number of carbonyl (C=O) groups excluding carboxylic acids is 2. The molecule has 0 saturated carbocycles. The summed E-state index contributed by atoms with van der Waals surface area (Å²) in [5, 5.41) is 14.4. The van der Waals surface area contributed by atoms with E-state index in [0.717, 1.165) is 24.1 Å². The molecule has 0 fully saturated rings. The Morgan fingerprint density at radius 2 is 1.70 bits per heavy atom. The van der Waals surface area contributed by atoms with Gasteiger partial charge in [-0.05, 0) is 60.4 Å². The first-order valence-electron chi connectivity index (χ1n) is 12.6. The van der Waals surface area contributed by atoms with Gasteiger partial charge >= 0.3 is 11.9 Å². The predicted octanol–water partition coefficient (Wildman–Crippen LogP) is 3.43. The smallest absolute Gasteiger partial charge is 0.344 e. The molecule has 212 valence electrons. The summed E-state index contributed by atoms with van der Waals surface area (Å²) < 4.78 is 38.5. The number of aliphatic hydroxyl groups is 1. The van der Waals surface area contributed by atoms with Gasteiger partial charge in [-0.25, -0.2) is 22.3 Å². The van der Waals surface area contributed by atoms with Crippen LogP contribution in [-0.2, 0) is 41.9 Å². The number of fused-ring (bicyclic) bond motifs is 1. The van der Waals surface area contributed by atoms with E-state index in [1.165, 1.54) is 12.1 Å². The Hall–Kier alpha value is -3.44. The Balaban J connectivity index is 1.63. The monoisotopic (exact) mass is 586 g/mol.